The Morgan fingerprint density at radius 1 is 1.22 bits per heavy atom. The Morgan fingerprint density at radius 2 is 2.05 bits per heavy atom. The second-order valence-corrected chi connectivity index (χ2v) is 10.1. The quantitative estimate of drug-likeness (QED) is 0.356. The lowest BCUT2D eigenvalue weighted by molar-refractivity contribution is -0.154. The van der Waals surface area contributed by atoms with E-state index in [1.54, 1.807) is 22.9 Å². The van der Waals surface area contributed by atoms with Gasteiger partial charge in [0.15, 0.2) is 0 Å². The van der Waals surface area contributed by atoms with Gasteiger partial charge in [0.25, 0.3) is 0 Å². The number of hydrogen-bond donors (Lipinski definition) is 2. The van der Waals surface area contributed by atoms with Crippen LogP contribution in [0.15, 0.2) is 48.7 Å². The molecule has 5 rings (SSSR count). The number of urea groups is 1. The van der Waals surface area contributed by atoms with Crippen LogP contribution in [0, 0.1) is 12.9 Å². The zero-order valence-electron chi connectivity index (χ0n) is 23.5. The van der Waals surface area contributed by atoms with Crippen molar-refractivity contribution >= 4 is 11.8 Å². The van der Waals surface area contributed by atoms with Gasteiger partial charge < -0.3 is 24.4 Å². The number of pyridine rings is 1. The number of hydrogen-bond acceptors (Lipinski definition) is 9. The van der Waals surface area contributed by atoms with Crippen LogP contribution in [0.2, 0.25) is 0 Å². The number of aromatic nitrogens is 3. The molecule has 0 radical (unpaired) electrons. The van der Waals surface area contributed by atoms with Crippen LogP contribution < -0.4 is 15.4 Å². The third kappa shape index (κ3) is 7.18. The number of hydroxylamine groups is 2. The molecule has 0 aliphatic carbocycles. The van der Waals surface area contributed by atoms with Crippen LogP contribution in [-0.4, -0.2) is 103 Å². The number of anilines is 1. The average Bonchev–Trinajstić information content (AvgIpc) is 3.51. The number of para-hydroxylation sites is 1. The predicted molar refractivity (Wildman–Crippen MR) is 148 cm³/mol. The number of halogens is 1. The highest BCUT2D eigenvalue weighted by molar-refractivity contribution is 5.90. The van der Waals surface area contributed by atoms with Gasteiger partial charge in [-0.05, 0) is 43.8 Å². The van der Waals surface area contributed by atoms with E-state index in [4.69, 9.17) is 19.0 Å². The van der Waals surface area contributed by atoms with Gasteiger partial charge in [0.05, 0.1) is 30.5 Å². The van der Waals surface area contributed by atoms with E-state index in [1.165, 1.54) is 12.3 Å². The monoisotopic (exact) mass is 569 g/mol. The van der Waals surface area contributed by atoms with Gasteiger partial charge in [-0.3, -0.25) is 10.2 Å². The van der Waals surface area contributed by atoms with Gasteiger partial charge >= 0.3 is 6.03 Å². The van der Waals surface area contributed by atoms with Crippen molar-refractivity contribution in [2.45, 2.75) is 25.2 Å². The highest BCUT2D eigenvalue weighted by atomic mass is 19.1. The maximum absolute atomic E-state index is 13.9. The Kier molecular flexibility index (Phi) is 9.42. The Labute approximate surface area is 238 Å². The number of carbonyl (C=O) groups is 1. The van der Waals surface area contributed by atoms with E-state index in [0.717, 1.165) is 18.8 Å². The molecular weight excluding hydrogens is 533 g/mol. The first-order chi connectivity index (χ1) is 19.9. The molecule has 2 aromatic heterocycles. The van der Waals surface area contributed by atoms with Gasteiger partial charge in [-0.25, -0.2) is 14.5 Å². The van der Waals surface area contributed by atoms with E-state index in [-0.39, 0.29) is 6.10 Å². The molecule has 3 aromatic rings. The van der Waals surface area contributed by atoms with Crippen molar-refractivity contribution in [2.24, 2.45) is 0 Å². The minimum atomic E-state index is -0.621. The summed E-state index contributed by atoms with van der Waals surface area (Å²) >= 11 is 0. The largest absolute Gasteiger partial charge is 0.474 e. The Morgan fingerprint density at radius 3 is 2.80 bits per heavy atom. The standard InChI is InChI=1S/C28H36FN7O5/c1-19-26(36(21-7-5-4-6-8-21)33-27(19)40-18-22-16-34(2)11-14-39-22)32-28(37)31-23-17-35(12-13-38-3)41-25(23)20-9-10-30-24(29)15-20/h4-10,15,22-23,25H,11-14,16-18H2,1-3H3,(H2,31,32,37)/t22?,23-,25+/m1/s1. The molecule has 2 fully saturated rings. The number of rotatable bonds is 10. The minimum absolute atomic E-state index is 0.0758. The number of amides is 2. The SMILES string of the molecule is COCCN1C[C@@H](NC(=O)Nc2c(C)c(OCC3CN(C)CCO3)nn2-c2ccccc2)[C@H](c2ccnc(F)c2)O1. The summed E-state index contributed by atoms with van der Waals surface area (Å²) in [5.41, 5.74) is 2.00. The highest BCUT2D eigenvalue weighted by Crippen LogP contribution is 2.31. The molecule has 1 unspecified atom stereocenters. The molecule has 2 N–H and O–H groups in total. The predicted octanol–water partition coefficient (Wildman–Crippen LogP) is 2.55. The summed E-state index contributed by atoms with van der Waals surface area (Å²) in [6, 6.07) is 11.5. The number of benzene rings is 1. The zero-order chi connectivity index (χ0) is 28.8. The molecule has 2 aliphatic heterocycles. The molecule has 2 saturated heterocycles. The van der Waals surface area contributed by atoms with Crippen LogP contribution >= 0.6 is 0 Å². The van der Waals surface area contributed by atoms with Gasteiger partial charge in [0, 0.05) is 39.5 Å². The molecule has 13 heteroatoms. The summed E-state index contributed by atoms with van der Waals surface area (Å²) in [5.74, 6) is 0.248. The van der Waals surface area contributed by atoms with Crippen LogP contribution in [0.4, 0.5) is 15.0 Å². The second kappa shape index (κ2) is 13.4. The highest BCUT2D eigenvalue weighted by Gasteiger charge is 2.37. The molecular formula is C28H36FN7O5. The summed E-state index contributed by atoms with van der Waals surface area (Å²) < 4.78 is 32.6. The van der Waals surface area contributed by atoms with Crippen molar-refractivity contribution in [3.8, 4) is 11.6 Å². The smallest absolute Gasteiger partial charge is 0.320 e. The molecule has 1 aromatic carbocycles. The van der Waals surface area contributed by atoms with E-state index in [9.17, 15) is 9.18 Å². The van der Waals surface area contributed by atoms with E-state index >= 15 is 0 Å². The maximum atomic E-state index is 13.9. The van der Waals surface area contributed by atoms with E-state index in [0.29, 0.717) is 55.7 Å². The summed E-state index contributed by atoms with van der Waals surface area (Å²) in [6.45, 7) is 5.79. The molecule has 2 aliphatic rings. The number of carbonyl (C=O) groups excluding carboxylic acids is 1. The number of ether oxygens (including phenoxy) is 3. The molecule has 220 valence electrons. The third-order valence-corrected chi connectivity index (χ3v) is 7.03. The van der Waals surface area contributed by atoms with Crippen LogP contribution in [0.5, 0.6) is 5.88 Å². The second-order valence-electron chi connectivity index (χ2n) is 10.1. The number of likely N-dealkylation sites (N-methyl/N-ethyl adjacent to an activating group) is 1. The average molecular weight is 570 g/mol. The fraction of sp³-hybridized carbons (Fsp3) is 0.464. The lowest BCUT2D eigenvalue weighted by Gasteiger charge is -2.29. The van der Waals surface area contributed by atoms with E-state index in [2.05, 4.69) is 25.6 Å². The first-order valence-electron chi connectivity index (χ1n) is 13.6. The van der Waals surface area contributed by atoms with Crippen molar-refractivity contribution in [1.29, 1.82) is 0 Å². The molecule has 0 spiro atoms. The van der Waals surface area contributed by atoms with Crippen molar-refractivity contribution in [1.82, 2.24) is 30.0 Å². The van der Waals surface area contributed by atoms with Crippen molar-refractivity contribution in [3.05, 3.63) is 65.7 Å². The molecule has 0 saturated carbocycles. The van der Waals surface area contributed by atoms with Crippen LogP contribution in [-0.2, 0) is 14.3 Å². The Balaban J connectivity index is 1.34. The maximum Gasteiger partial charge on any atom is 0.320 e. The number of methoxy groups -OCH3 is 1. The lowest BCUT2D eigenvalue weighted by Crippen LogP contribution is -2.42. The Bertz CT molecular complexity index is 1310. The molecule has 4 heterocycles. The Hall–Kier alpha value is -3.62. The van der Waals surface area contributed by atoms with E-state index in [1.807, 2.05) is 44.3 Å². The van der Waals surface area contributed by atoms with E-state index < -0.39 is 24.1 Å². The van der Waals surface area contributed by atoms with Crippen LogP contribution in [0.1, 0.15) is 17.2 Å². The van der Waals surface area contributed by atoms with Crippen molar-refractivity contribution in [2.75, 3.05) is 65.5 Å². The van der Waals surface area contributed by atoms with Crippen LogP contribution in [0.25, 0.3) is 5.69 Å². The third-order valence-electron chi connectivity index (χ3n) is 7.03. The molecule has 3 atom stereocenters. The van der Waals surface area contributed by atoms with Gasteiger partial charge in [0.2, 0.25) is 11.8 Å². The van der Waals surface area contributed by atoms with Gasteiger partial charge in [-0.2, -0.15) is 9.45 Å². The lowest BCUT2D eigenvalue weighted by atomic mass is 10.0. The topological polar surface area (TPSA) is 115 Å². The first-order valence-corrected chi connectivity index (χ1v) is 13.6. The number of morpholine rings is 1. The van der Waals surface area contributed by atoms with Crippen LogP contribution in [0.3, 0.4) is 0 Å². The molecule has 0 bridgehead atoms. The van der Waals surface area contributed by atoms with Gasteiger partial charge in [-0.1, -0.05) is 18.2 Å². The molecule has 12 nitrogen and oxygen atoms in total. The van der Waals surface area contributed by atoms with Gasteiger partial charge in [-0.15, -0.1) is 5.10 Å². The first kappa shape index (κ1) is 28.9. The normalized spacial score (nSPS) is 21.6. The summed E-state index contributed by atoms with van der Waals surface area (Å²) in [4.78, 5) is 25.3. The number of nitrogens with zero attached hydrogens (tertiary/aromatic N) is 5. The summed E-state index contributed by atoms with van der Waals surface area (Å²) in [5, 5.41) is 12.3. The van der Waals surface area contributed by atoms with Gasteiger partial charge in [0.1, 0.15) is 24.6 Å². The fourth-order valence-corrected chi connectivity index (χ4v) is 4.91. The number of nitrogens with one attached hydrogen (secondary N) is 2. The summed E-state index contributed by atoms with van der Waals surface area (Å²) in [6.07, 6.45) is 0.693. The summed E-state index contributed by atoms with van der Waals surface area (Å²) in [7, 11) is 3.65. The molecule has 41 heavy (non-hydrogen) atoms. The zero-order valence-corrected chi connectivity index (χ0v) is 23.5. The van der Waals surface area contributed by atoms with Crippen molar-refractivity contribution in [3.63, 3.8) is 0 Å². The van der Waals surface area contributed by atoms with Crippen molar-refractivity contribution < 1.29 is 28.2 Å². The molecule has 2 amide bonds. The fourth-order valence-electron chi connectivity index (χ4n) is 4.91. The minimum Gasteiger partial charge on any atom is -0.474 e.